The standard InChI is InChI=1S/C54H62F2N8O6/c1-31(2)47(61-53(67)69-25-21-55)51(65)63-23-5-7-45(63)49-57-41-19-17-37(29-43(41)59-49)39-27-33-9-13-35(39)15-11-34-10-14-36(16-12-33)40(28-34)38-18-20-42-44(30-38)60-50(58-42)46-8-6-24-64(46)52(66)48(32(3)4)62-54(68)70-26-22-56/h9-10,13-14,17-20,27-32,45-48H,5-8,11-12,15-16,21-26H2,1-4H3,(H,57,59)(H,58,60)(H,61,67)(H,62,68)/t45-,46-,47?,48?/m0/s1. The molecule has 4 aromatic carbocycles. The first kappa shape index (κ1) is 48.2. The second kappa shape index (κ2) is 21.0. The number of hydrogen-bond donors (Lipinski definition) is 4. The topological polar surface area (TPSA) is 175 Å². The van der Waals surface area contributed by atoms with E-state index in [2.05, 4.69) is 93.4 Å². The molecule has 4 N–H and O–H groups in total. The lowest BCUT2D eigenvalue weighted by Gasteiger charge is -2.30. The minimum Gasteiger partial charge on any atom is -0.447 e. The Kier molecular flexibility index (Phi) is 14.5. The maximum atomic E-state index is 13.9. The van der Waals surface area contributed by atoms with E-state index in [1.807, 2.05) is 27.7 Å². The van der Waals surface area contributed by atoms with Gasteiger partial charge in [-0.25, -0.2) is 28.3 Å². The zero-order chi connectivity index (χ0) is 49.1. The zero-order valence-corrected chi connectivity index (χ0v) is 40.3. The van der Waals surface area contributed by atoms with Crippen LogP contribution in [0.1, 0.15) is 99.4 Å². The Morgan fingerprint density at radius 2 is 1.04 bits per heavy atom. The number of amides is 4. The fourth-order valence-corrected chi connectivity index (χ4v) is 10.4. The Bertz CT molecular complexity index is 2700. The van der Waals surface area contributed by atoms with Gasteiger partial charge in [0.1, 0.15) is 50.3 Å². The van der Waals surface area contributed by atoms with E-state index in [1.165, 1.54) is 33.4 Å². The number of carbonyl (C=O) groups excluding carboxylic acids is 4. The van der Waals surface area contributed by atoms with Gasteiger partial charge in [-0.2, -0.15) is 0 Å². The number of rotatable bonds is 14. The molecule has 4 heterocycles. The molecular weight excluding hydrogens is 895 g/mol. The maximum absolute atomic E-state index is 13.9. The number of aromatic amines is 2. The average molecular weight is 957 g/mol. The van der Waals surface area contributed by atoms with Gasteiger partial charge >= 0.3 is 12.2 Å². The van der Waals surface area contributed by atoms with Crippen molar-refractivity contribution in [2.24, 2.45) is 11.8 Å². The summed E-state index contributed by atoms with van der Waals surface area (Å²) >= 11 is 0. The second-order valence-electron chi connectivity index (χ2n) is 19.5. The number of hydrogen-bond acceptors (Lipinski definition) is 8. The average Bonchev–Trinajstić information content (AvgIpc) is 4.19. The molecule has 368 valence electrons. The van der Waals surface area contributed by atoms with Crippen LogP contribution < -0.4 is 10.6 Å². The zero-order valence-electron chi connectivity index (χ0n) is 40.3. The summed E-state index contributed by atoms with van der Waals surface area (Å²) < 4.78 is 35.1. The number of nitrogens with one attached hydrogen (secondary N) is 4. The number of H-pyrrole nitrogens is 2. The van der Waals surface area contributed by atoms with Crippen LogP contribution in [0.15, 0.2) is 72.8 Å². The van der Waals surface area contributed by atoms with E-state index < -0.39 is 37.6 Å². The minimum absolute atomic E-state index is 0.208. The highest BCUT2D eigenvalue weighted by Gasteiger charge is 2.39. The number of likely N-dealkylation sites (tertiary alicyclic amines) is 2. The lowest BCUT2D eigenvalue weighted by atomic mass is 9.87. The van der Waals surface area contributed by atoms with Crippen molar-refractivity contribution in [1.29, 1.82) is 0 Å². The molecule has 2 unspecified atom stereocenters. The van der Waals surface area contributed by atoms with Gasteiger partial charge in [-0.3, -0.25) is 9.59 Å². The Hall–Kier alpha value is -6.84. The summed E-state index contributed by atoms with van der Waals surface area (Å²) in [5.74, 6) is 0.567. The molecule has 16 heteroatoms. The number of aryl methyl sites for hydroxylation is 4. The second-order valence-corrected chi connectivity index (χ2v) is 19.5. The van der Waals surface area contributed by atoms with Gasteiger partial charge in [-0.1, -0.05) is 76.2 Å². The predicted octanol–water partition coefficient (Wildman–Crippen LogP) is 9.42. The van der Waals surface area contributed by atoms with Crippen molar-refractivity contribution in [1.82, 2.24) is 40.4 Å². The Morgan fingerprint density at radius 3 is 1.44 bits per heavy atom. The Balaban J connectivity index is 0.920. The summed E-state index contributed by atoms with van der Waals surface area (Å²) in [7, 11) is 0. The summed E-state index contributed by atoms with van der Waals surface area (Å²) in [6.07, 6.45) is 4.77. The quantitative estimate of drug-likeness (QED) is 0.0836. The molecule has 0 radical (unpaired) electrons. The highest BCUT2D eigenvalue weighted by Crippen LogP contribution is 2.37. The lowest BCUT2D eigenvalue weighted by Crippen LogP contribution is -2.51. The van der Waals surface area contributed by atoms with Crippen molar-refractivity contribution in [2.75, 3.05) is 39.7 Å². The van der Waals surface area contributed by atoms with Gasteiger partial charge in [-0.15, -0.1) is 0 Å². The van der Waals surface area contributed by atoms with Crippen LogP contribution in [-0.2, 0) is 44.7 Å². The molecule has 4 amide bonds. The van der Waals surface area contributed by atoms with E-state index in [1.54, 1.807) is 9.80 Å². The molecule has 2 aromatic heterocycles. The minimum atomic E-state index is -0.819. The summed E-state index contributed by atoms with van der Waals surface area (Å²) in [6.45, 7) is 6.19. The van der Waals surface area contributed by atoms with Crippen molar-refractivity contribution in [3.8, 4) is 22.3 Å². The smallest absolute Gasteiger partial charge is 0.407 e. The van der Waals surface area contributed by atoms with E-state index in [4.69, 9.17) is 19.4 Å². The highest BCUT2D eigenvalue weighted by atomic mass is 19.1. The molecule has 0 saturated carbocycles. The van der Waals surface area contributed by atoms with Gasteiger partial charge < -0.3 is 39.9 Å². The van der Waals surface area contributed by atoms with E-state index in [0.29, 0.717) is 24.7 Å². The SMILES string of the molecule is CC(C)C(NC(=O)OCCF)C(=O)N1CCC[C@H]1c1nc2cc(-c3cc4ccc3CCc3ccc(c(-c5ccc6[nH]c([C@@H]7CCCN7C(=O)C(NC(=O)OCCF)C(C)C)nc6c5)c3)CC4)ccc2[nH]1. The molecule has 0 spiro atoms. The summed E-state index contributed by atoms with van der Waals surface area (Å²) in [4.78, 5) is 73.1. The fraction of sp³-hybridized carbons (Fsp3) is 0.444. The maximum Gasteiger partial charge on any atom is 0.407 e. The fourth-order valence-electron chi connectivity index (χ4n) is 10.4. The molecule has 4 atom stereocenters. The third-order valence-electron chi connectivity index (χ3n) is 14.1. The van der Waals surface area contributed by atoms with Gasteiger partial charge in [0.05, 0.1) is 34.2 Å². The molecule has 4 bridgehead atoms. The number of benzene rings is 4. The van der Waals surface area contributed by atoms with Gasteiger partial charge in [-0.05, 0) is 132 Å². The van der Waals surface area contributed by atoms with Gasteiger partial charge in [0, 0.05) is 13.1 Å². The highest BCUT2D eigenvalue weighted by molar-refractivity contribution is 5.89. The first-order valence-corrected chi connectivity index (χ1v) is 24.7. The number of alkyl halides is 2. The Labute approximate surface area is 406 Å². The van der Waals surface area contributed by atoms with Crippen LogP contribution in [0.4, 0.5) is 18.4 Å². The van der Waals surface area contributed by atoms with Crippen molar-refractivity contribution in [3.05, 3.63) is 107 Å². The molecule has 6 aromatic rings. The third-order valence-corrected chi connectivity index (χ3v) is 14.1. The first-order chi connectivity index (χ1) is 33.9. The van der Waals surface area contributed by atoms with Crippen LogP contribution in [0.2, 0.25) is 0 Å². The van der Waals surface area contributed by atoms with Crippen LogP contribution in [-0.4, -0.2) is 105 Å². The molecule has 6 aliphatic rings. The number of alkyl carbamates (subject to hydrolysis) is 2. The first-order valence-electron chi connectivity index (χ1n) is 24.7. The molecule has 2 saturated heterocycles. The van der Waals surface area contributed by atoms with Gasteiger partial charge in [0.2, 0.25) is 11.8 Å². The Morgan fingerprint density at radius 1 is 0.614 bits per heavy atom. The third kappa shape index (κ3) is 10.2. The van der Waals surface area contributed by atoms with Crippen LogP contribution in [0.25, 0.3) is 44.3 Å². The van der Waals surface area contributed by atoms with Gasteiger partial charge in [0.25, 0.3) is 0 Å². The van der Waals surface area contributed by atoms with Gasteiger partial charge in [0.15, 0.2) is 0 Å². The van der Waals surface area contributed by atoms with Crippen molar-refractivity contribution in [2.45, 2.75) is 103 Å². The predicted molar refractivity (Wildman–Crippen MR) is 263 cm³/mol. The van der Waals surface area contributed by atoms with Crippen LogP contribution in [0, 0.1) is 11.8 Å². The molecular formula is C54H62F2N8O6. The lowest BCUT2D eigenvalue weighted by molar-refractivity contribution is -0.136. The number of fused-ring (bicyclic) bond motifs is 2. The number of halogens is 2. The van der Waals surface area contributed by atoms with Crippen molar-refractivity contribution >= 4 is 46.1 Å². The molecule has 70 heavy (non-hydrogen) atoms. The summed E-state index contributed by atoms with van der Waals surface area (Å²) in [5.41, 5.74) is 12.8. The van der Waals surface area contributed by atoms with E-state index in [-0.39, 0.29) is 48.9 Å². The number of ether oxygens (including phenoxy) is 2. The van der Waals surface area contributed by atoms with Crippen molar-refractivity contribution in [3.63, 3.8) is 0 Å². The molecule has 12 rings (SSSR count). The van der Waals surface area contributed by atoms with Crippen LogP contribution >= 0.6 is 0 Å². The number of carbonyl (C=O) groups is 4. The monoisotopic (exact) mass is 956 g/mol. The summed E-state index contributed by atoms with van der Waals surface area (Å²) in [5, 5.41) is 5.31. The summed E-state index contributed by atoms with van der Waals surface area (Å²) in [6, 6.07) is 24.1. The van der Waals surface area contributed by atoms with Crippen LogP contribution in [0.5, 0.6) is 0 Å². The van der Waals surface area contributed by atoms with E-state index in [0.717, 1.165) is 84.6 Å². The molecule has 4 aliphatic carbocycles. The number of nitrogens with zero attached hydrogens (tertiary/aromatic N) is 4. The largest absolute Gasteiger partial charge is 0.447 e. The van der Waals surface area contributed by atoms with E-state index >= 15 is 0 Å². The molecule has 2 aliphatic heterocycles. The number of aromatic nitrogens is 4. The van der Waals surface area contributed by atoms with E-state index in [9.17, 15) is 28.0 Å². The normalized spacial score (nSPS) is 17.8. The number of imidazole rings is 2. The van der Waals surface area contributed by atoms with Crippen LogP contribution in [0.3, 0.4) is 0 Å². The molecule has 2 fully saturated rings. The molecule has 14 nitrogen and oxygen atoms in total. The van der Waals surface area contributed by atoms with Crippen molar-refractivity contribution < 1.29 is 37.4 Å².